The summed E-state index contributed by atoms with van der Waals surface area (Å²) >= 11 is 7.26. The lowest BCUT2D eigenvalue weighted by molar-refractivity contribution is 0.424. The van der Waals surface area contributed by atoms with Crippen molar-refractivity contribution in [2.45, 2.75) is 0 Å². The van der Waals surface area contributed by atoms with Crippen LogP contribution < -0.4 is 10.1 Å². The number of ether oxygens (including phenoxy) is 1. The number of benzene rings is 1. The molecule has 0 aliphatic carbocycles. The van der Waals surface area contributed by atoms with Gasteiger partial charge in [-0.2, -0.15) is 5.26 Å². The average Bonchev–Trinajstić information content (AvgIpc) is 2.97. The Hall–Kier alpha value is -2.36. The number of hydrogen-bond donors (Lipinski definition) is 1. The van der Waals surface area contributed by atoms with Crippen LogP contribution >= 0.6 is 22.9 Å². The summed E-state index contributed by atoms with van der Waals surface area (Å²) in [6.07, 6.45) is 0. The highest BCUT2D eigenvalue weighted by Gasteiger charge is 2.19. The maximum Gasteiger partial charge on any atom is 0.204 e. The Morgan fingerprint density at radius 2 is 2.14 bits per heavy atom. The van der Waals surface area contributed by atoms with Crippen molar-refractivity contribution in [3.63, 3.8) is 0 Å². The number of halogens is 1. The fourth-order valence-electron chi connectivity index (χ4n) is 1.81. The van der Waals surface area contributed by atoms with Crippen molar-refractivity contribution in [1.29, 1.82) is 5.26 Å². The standard InChI is InChI=1S/C15H13ClN4OS/c1-18-11(8-17)12(19-2)13-15(21-3)22-14(20-13)9-4-6-10(16)7-5-9/h4-7,18H,2H2,1,3H3/b12-11-. The lowest BCUT2D eigenvalue weighted by Gasteiger charge is -2.04. The number of allylic oxidation sites excluding steroid dienone is 1. The second-order valence-electron chi connectivity index (χ2n) is 4.11. The first-order valence-electron chi connectivity index (χ1n) is 6.24. The van der Waals surface area contributed by atoms with Crippen molar-refractivity contribution in [2.24, 2.45) is 4.99 Å². The molecule has 0 amide bonds. The van der Waals surface area contributed by atoms with Crippen molar-refractivity contribution < 1.29 is 4.74 Å². The van der Waals surface area contributed by atoms with Gasteiger partial charge in [0.2, 0.25) is 5.06 Å². The fourth-order valence-corrected chi connectivity index (χ4v) is 2.82. The molecule has 0 saturated carbocycles. The van der Waals surface area contributed by atoms with E-state index in [0.717, 1.165) is 10.6 Å². The Bertz CT molecular complexity index is 759. The van der Waals surface area contributed by atoms with Crippen LogP contribution in [-0.2, 0) is 0 Å². The predicted octanol–water partition coefficient (Wildman–Crippen LogP) is 3.58. The molecule has 1 heterocycles. The molecular weight excluding hydrogens is 320 g/mol. The summed E-state index contributed by atoms with van der Waals surface area (Å²) in [6, 6.07) is 9.37. The molecule has 0 spiro atoms. The van der Waals surface area contributed by atoms with E-state index >= 15 is 0 Å². The van der Waals surface area contributed by atoms with E-state index in [1.54, 1.807) is 26.3 Å². The molecule has 0 fully saturated rings. The molecule has 0 atom stereocenters. The molecule has 0 saturated heterocycles. The fraction of sp³-hybridized carbons (Fsp3) is 0.133. The largest absolute Gasteiger partial charge is 0.486 e. The Kier molecular flexibility index (Phi) is 5.15. The highest BCUT2D eigenvalue weighted by Crippen LogP contribution is 2.38. The molecule has 2 aromatic rings. The first-order chi connectivity index (χ1) is 10.6. The zero-order valence-electron chi connectivity index (χ0n) is 12.1. The quantitative estimate of drug-likeness (QED) is 0.671. The molecule has 0 radical (unpaired) electrons. The lowest BCUT2D eigenvalue weighted by atomic mass is 10.2. The zero-order valence-corrected chi connectivity index (χ0v) is 13.6. The minimum Gasteiger partial charge on any atom is -0.486 e. The van der Waals surface area contributed by atoms with Crippen LogP contribution in [0.4, 0.5) is 0 Å². The van der Waals surface area contributed by atoms with E-state index in [0.29, 0.717) is 21.5 Å². The van der Waals surface area contributed by atoms with Crippen molar-refractivity contribution in [2.75, 3.05) is 14.2 Å². The minimum atomic E-state index is 0.279. The van der Waals surface area contributed by atoms with E-state index in [9.17, 15) is 0 Å². The van der Waals surface area contributed by atoms with Gasteiger partial charge < -0.3 is 10.1 Å². The molecular formula is C15H13ClN4OS. The number of nitriles is 1. The van der Waals surface area contributed by atoms with E-state index in [-0.39, 0.29) is 5.70 Å². The number of aromatic nitrogens is 1. The van der Waals surface area contributed by atoms with Crippen LogP contribution in [0.5, 0.6) is 5.06 Å². The van der Waals surface area contributed by atoms with E-state index in [1.807, 2.05) is 18.2 Å². The first-order valence-corrected chi connectivity index (χ1v) is 7.44. The summed E-state index contributed by atoms with van der Waals surface area (Å²) in [5.41, 5.74) is 2.03. The molecule has 22 heavy (non-hydrogen) atoms. The summed E-state index contributed by atoms with van der Waals surface area (Å²) in [7, 11) is 3.19. The average molecular weight is 333 g/mol. The predicted molar refractivity (Wildman–Crippen MR) is 90.3 cm³/mol. The van der Waals surface area contributed by atoms with Gasteiger partial charge in [0.15, 0.2) is 0 Å². The van der Waals surface area contributed by atoms with Crippen molar-refractivity contribution in [3.05, 3.63) is 40.7 Å². The van der Waals surface area contributed by atoms with Crippen LogP contribution in [0.3, 0.4) is 0 Å². The van der Waals surface area contributed by atoms with Crippen LogP contribution in [0.25, 0.3) is 16.3 Å². The summed E-state index contributed by atoms with van der Waals surface area (Å²) in [4.78, 5) is 8.45. The van der Waals surface area contributed by atoms with Gasteiger partial charge in [0.1, 0.15) is 28.2 Å². The van der Waals surface area contributed by atoms with Crippen LogP contribution in [0.2, 0.25) is 5.02 Å². The number of nitrogens with one attached hydrogen (secondary N) is 1. The third-order valence-electron chi connectivity index (χ3n) is 2.85. The van der Waals surface area contributed by atoms with Crippen molar-refractivity contribution in [3.8, 4) is 21.7 Å². The molecule has 7 heteroatoms. The van der Waals surface area contributed by atoms with E-state index < -0.39 is 0 Å². The second-order valence-corrected chi connectivity index (χ2v) is 5.51. The van der Waals surface area contributed by atoms with Gasteiger partial charge in [0, 0.05) is 17.6 Å². The van der Waals surface area contributed by atoms with Crippen molar-refractivity contribution >= 4 is 35.4 Å². The molecule has 1 aromatic heterocycles. The van der Waals surface area contributed by atoms with Gasteiger partial charge in [-0.3, -0.25) is 4.99 Å². The van der Waals surface area contributed by atoms with Crippen LogP contribution in [0.15, 0.2) is 35.0 Å². The number of thiazole rings is 1. The molecule has 1 N–H and O–H groups in total. The summed E-state index contributed by atoms with van der Waals surface area (Å²) in [5.74, 6) is 0. The van der Waals surface area contributed by atoms with Crippen LogP contribution in [-0.4, -0.2) is 25.9 Å². The summed E-state index contributed by atoms with van der Waals surface area (Å²) in [5, 5.41) is 13.9. The Balaban J connectivity index is 2.59. The van der Waals surface area contributed by atoms with Crippen molar-refractivity contribution in [1.82, 2.24) is 10.3 Å². The summed E-state index contributed by atoms with van der Waals surface area (Å²) in [6.45, 7) is 3.52. The molecule has 0 aliphatic heterocycles. The number of aliphatic imine (C=N–C) groups is 1. The number of hydrogen-bond acceptors (Lipinski definition) is 6. The Morgan fingerprint density at radius 1 is 1.45 bits per heavy atom. The van der Waals surface area contributed by atoms with E-state index in [1.165, 1.54) is 11.3 Å². The molecule has 0 unspecified atom stereocenters. The number of rotatable bonds is 5. The van der Waals surface area contributed by atoms with Gasteiger partial charge in [-0.05, 0) is 18.9 Å². The topological polar surface area (TPSA) is 70.3 Å². The minimum absolute atomic E-state index is 0.279. The molecule has 0 aliphatic rings. The normalized spacial score (nSPS) is 11.4. The van der Waals surface area contributed by atoms with E-state index in [2.05, 4.69) is 22.0 Å². The zero-order chi connectivity index (χ0) is 16.1. The highest BCUT2D eigenvalue weighted by molar-refractivity contribution is 7.17. The van der Waals surface area contributed by atoms with Gasteiger partial charge in [-0.15, -0.1) is 0 Å². The maximum atomic E-state index is 9.17. The SMILES string of the molecule is C=N/C(=C(/C#N)NC)c1nc(-c2ccc(Cl)cc2)sc1OC. The molecule has 112 valence electrons. The first kappa shape index (κ1) is 16.0. The Labute approximate surface area is 137 Å². The number of methoxy groups -OCH3 is 1. The van der Waals surface area contributed by atoms with Crippen LogP contribution in [0, 0.1) is 11.3 Å². The Morgan fingerprint density at radius 3 is 2.64 bits per heavy atom. The van der Waals surface area contributed by atoms with Crippen LogP contribution in [0.1, 0.15) is 5.69 Å². The van der Waals surface area contributed by atoms with Gasteiger partial charge >= 0.3 is 0 Å². The third kappa shape index (κ3) is 3.11. The molecule has 0 bridgehead atoms. The lowest BCUT2D eigenvalue weighted by Crippen LogP contribution is -2.06. The smallest absolute Gasteiger partial charge is 0.204 e. The number of nitrogens with zero attached hydrogens (tertiary/aromatic N) is 3. The third-order valence-corrected chi connectivity index (χ3v) is 4.17. The molecule has 5 nitrogen and oxygen atoms in total. The second kappa shape index (κ2) is 7.07. The summed E-state index contributed by atoms with van der Waals surface area (Å²) < 4.78 is 5.36. The highest BCUT2D eigenvalue weighted by atomic mass is 35.5. The maximum absolute atomic E-state index is 9.17. The van der Waals surface area contributed by atoms with E-state index in [4.69, 9.17) is 21.6 Å². The van der Waals surface area contributed by atoms with Gasteiger partial charge in [-0.1, -0.05) is 35.1 Å². The molecule has 1 aromatic carbocycles. The van der Waals surface area contributed by atoms with Gasteiger partial charge in [0.05, 0.1) is 7.11 Å². The van der Waals surface area contributed by atoms with Gasteiger partial charge in [0.25, 0.3) is 0 Å². The van der Waals surface area contributed by atoms with Gasteiger partial charge in [-0.25, -0.2) is 4.98 Å². The monoisotopic (exact) mass is 332 g/mol. The molecule has 2 rings (SSSR count).